The standard InChI is InChI=1S/C13H25N3O4S/c1-10(2)8-21(19,20)9-12(11(3)17)15-13(18)16-6-4-14-5-7-16/h10,12,14H,4-9H2,1-3H3,(H,15,18)/t12-/m0/s1. The van der Waals surface area contributed by atoms with Crippen LogP contribution >= 0.6 is 0 Å². The first-order valence-corrected chi connectivity index (χ1v) is 9.00. The van der Waals surface area contributed by atoms with Crippen molar-refractivity contribution >= 4 is 21.7 Å². The van der Waals surface area contributed by atoms with Crippen molar-refractivity contribution in [1.29, 1.82) is 0 Å². The Balaban J connectivity index is 2.65. The number of carbonyl (C=O) groups is 2. The smallest absolute Gasteiger partial charge is 0.318 e. The van der Waals surface area contributed by atoms with Crippen molar-refractivity contribution in [3.63, 3.8) is 0 Å². The number of urea groups is 1. The van der Waals surface area contributed by atoms with E-state index in [9.17, 15) is 18.0 Å². The number of nitrogens with one attached hydrogen (secondary N) is 2. The van der Waals surface area contributed by atoms with E-state index in [-0.39, 0.29) is 29.2 Å². The van der Waals surface area contributed by atoms with Gasteiger partial charge < -0.3 is 15.5 Å². The molecule has 21 heavy (non-hydrogen) atoms. The zero-order chi connectivity index (χ0) is 16.0. The average molecular weight is 319 g/mol. The van der Waals surface area contributed by atoms with Gasteiger partial charge in [0.25, 0.3) is 0 Å². The number of piperazine rings is 1. The SMILES string of the molecule is CC(=O)[C@H](CS(=O)(=O)CC(C)C)NC(=O)N1CCNCC1. The van der Waals surface area contributed by atoms with Crippen molar-refractivity contribution in [2.75, 3.05) is 37.7 Å². The van der Waals surface area contributed by atoms with Crippen LogP contribution in [0.3, 0.4) is 0 Å². The third-order valence-electron chi connectivity index (χ3n) is 3.20. The summed E-state index contributed by atoms with van der Waals surface area (Å²) in [4.78, 5) is 25.3. The number of sulfone groups is 1. The molecule has 1 aliphatic rings. The molecule has 2 amide bonds. The molecule has 0 aromatic carbocycles. The minimum atomic E-state index is -3.37. The zero-order valence-electron chi connectivity index (χ0n) is 12.9. The normalized spacial score (nSPS) is 17.6. The molecule has 8 heteroatoms. The minimum Gasteiger partial charge on any atom is -0.327 e. The summed E-state index contributed by atoms with van der Waals surface area (Å²) in [6.07, 6.45) is 0. The molecule has 0 unspecified atom stereocenters. The van der Waals surface area contributed by atoms with Crippen LogP contribution in [-0.2, 0) is 14.6 Å². The van der Waals surface area contributed by atoms with E-state index >= 15 is 0 Å². The van der Waals surface area contributed by atoms with Crippen LogP contribution in [0.15, 0.2) is 0 Å². The van der Waals surface area contributed by atoms with Gasteiger partial charge >= 0.3 is 6.03 Å². The fraction of sp³-hybridized carbons (Fsp3) is 0.846. The van der Waals surface area contributed by atoms with Crippen LogP contribution in [-0.4, -0.2) is 68.9 Å². The van der Waals surface area contributed by atoms with Gasteiger partial charge in [-0.25, -0.2) is 13.2 Å². The topological polar surface area (TPSA) is 95.6 Å². The van der Waals surface area contributed by atoms with Crippen LogP contribution in [0.25, 0.3) is 0 Å². The van der Waals surface area contributed by atoms with Crippen LogP contribution in [0.5, 0.6) is 0 Å². The van der Waals surface area contributed by atoms with Crippen LogP contribution in [0.1, 0.15) is 20.8 Å². The molecular weight excluding hydrogens is 294 g/mol. The Kier molecular flexibility index (Phi) is 6.60. The molecule has 1 heterocycles. The molecule has 1 rings (SSSR count). The van der Waals surface area contributed by atoms with Crippen molar-refractivity contribution in [3.05, 3.63) is 0 Å². The van der Waals surface area contributed by atoms with Crippen LogP contribution < -0.4 is 10.6 Å². The van der Waals surface area contributed by atoms with Crippen molar-refractivity contribution < 1.29 is 18.0 Å². The van der Waals surface area contributed by atoms with Gasteiger partial charge in [-0.1, -0.05) is 13.8 Å². The quantitative estimate of drug-likeness (QED) is 0.696. The minimum absolute atomic E-state index is 0.00789. The predicted molar refractivity (Wildman–Crippen MR) is 80.9 cm³/mol. The summed E-state index contributed by atoms with van der Waals surface area (Å²) >= 11 is 0. The highest BCUT2D eigenvalue weighted by molar-refractivity contribution is 7.91. The van der Waals surface area contributed by atoms with Crippen molar-refractivity contribution in [3.8, 4) is 0 Å². The fourth-order valence-electron chi connectivity index (χ4n) is 2.20. The van der Waals surface area contributed by atoms with Gasteiger partial charge in [-0.05, 0) is 12.8 Å². The lowest BCUT2D eigenvalue weighted by atomic mass is 10.2. The van der Waals surface area contributed by atoms with E-state index in [1.165, 1.54) is 6.92 Å². The highest BCUT2D eigenvalue weighted by atomic mass is 32.2. The maximum absolute atomic E-state index is 12.1. The van der Waals surface area contributed by atoms with Gasteiger partial charge in [-0.3, -0.25) is 4.79 Å². The second-order valence-corrected chi connectivity index (χ2v) is 7.97. The molecule has 1 aliphatic heterocycles. The first-order valence-electron chi connectivity index (χ1n) is 7.18. The molecule has 1 atom stereocenters. The van der Waals surface area contributed by atoms with Crippen LogP contribution in [0, 0.1) is 5.92 Å². The molecule has 0 radical (unpaired) electrons. The lowest BCUT2D eigenvalue weighted by molar-refractivity contribution is -0.118. The summed E-state index contributed by atoms with van der Waals surface area (Å²) in [6, 6.07) is -1.35. The number of amides is 2. The molecule has 0 aromatic rings. The van der Waals surface area contributed by atoms with E-state index < -0.39 is 15.9 Å². The molecule has 1 fully saturated rings. The second-order valence-electron chi connectivity index (χ2n) is 5.82. The van der Waals surface area contributed by atoms with E-state index in [0.717, 1.165) is 0 Å². The summed E-state index contributed by atoms with van der Waals surface area (Å²) < 4.78 is 24.0. The highest BCUT2D eigenvalue weighted by Crippen LogP contribution is 2.04. The zero-order valence-corrected chi connectivity index (χ0v) is 13.7. The lowest BCUT2D eigenvalue weighted by Gasteiger charge is -2.29. The molecule has 0 saturated carbocycles. The average Bonchev–Trinajstić information content (AvgIpc) is 2.36. The molecule has 0 aliphatic carbocycles. The molecular formula is C13H25N3O4S. The van der Waals surface area contributed by atoms with E-state index in [1.54, 1.807) is 18.7 Å². The molecule has 0 bridgehead atoms. The Bertz CT molecular complexity index is 470. The predicted octanol–water partition coefficient (Wildman–Crippen LogP) is -0.370. The Morgan fingerprint density at radius 3 is 2.24 bits per heavy atom. The number of carbonyl (C=O) groups excluding carboxylic acids is 2. The van der Waals surface area contributed by atoms with Gasteiger partial charge in [0.15, 0.2) is 15.6 Å². The lowest BCUT2D eigenvalue weighted by Crippen LogP contribution is -2.54. The van der Waals surface area contributed by atoms with E-state index in [4.69, 9.17) is 0 Å². The Morgan fingerprint density at radius 1 is 1.19 bits per heavy atom. The fourth-order valence-corrected chi connectivity index (χ4v) is 4.18. The number of rotatable bonds is 6. The molecule has 0 aromatic heterocycles. The third kappa shape index (κ3) is 6.43. The van der Waals surface area contributed by atoms with E-state index in [1.807, 2.05) is 0 Å². The van der Waals surface area contributed by atoms with Crippen molar-refractivity contribution in [2.45, 2.75) is 26.8 Å². The number of hydrogen-bond acceptors (Lipinski definition) is 5. The summed E-state index contributed by atoms with van der Waals surface area (Å²) in [5.74, 6) is -0.671. The molecule has 2 N–H and O–H groups in total. The van der Waals surface area contributed by atoms with Gasteiger partial charge in [-0.2, -0.15) is 0 Å². The third-order valence-corrected chi connectivity index (χ3v) is 5.22. The highest BCUT2D eigenvalue weighted by Gasteiger charge is 2.27. The van der Waals surface area contributed by atoms with Gasteiger partial charge in [0.1, 0.15) is 6.04 Å². The van der Waals surface area contributed by atoms with Gasteiger partial charge in [-0.15, -0.1) is 0 Å². The largest absolute Gasteiger partial charge is 0.327 e. The first kappa shape index (κ1) is 17.9. The van der Waals surface area contributed by atoms with Gasteiger partial charge in [0.2, 0.25) is 0 Å². The monoisotopic (exact) mass is 319 g/mol. The Morgan fingerprint density at radius 2 is 1.76 bits per heavy atom. The molecule has 122 valence electrons. The van der Waals surface area contributed by atoms with Crippen LogP contribution in [0.2, 0.25) is 0 Å². The van der Waals surface area contributed by atoms with E-state index in [0.29, 0.717) is 26.2 Å². The number of hydrogen-bond donors (Lipinski definition) is 2. The Hall–Kier alpha value is -1.15. The summed E-state index contributed by atoms with van der Waals surface area (Å²) in [7, 11) is -3.37. The first-order chi connectivity index (χ1) is 9.71. The second kappa shape index (κ2) is 7.74. The summed E-state index contributed by atoms with van der Waals surface area (Å²) in [6.45, 7) is 7.41. The van der Waals surface area contributed by atoms with Gasteiger partial charge in [0.05, 0.1) is 11.5 Å². The van der Waals surface area contributed by atoms with Crippen molar-refractivity contribution in [2.24, 2.45) is 5.92 Å². The summed E-state index contributed by atoms with van der Waals surface area (Å²) in [5, 5.41) is 5.67. The Labute approximate surface area is 126 Å². The number of Topliss-reactive ketones (excluding diaryl/α,β-unsaturated/α-hetero) is 1. The molecule has 7 nitrogen and oxygen atoms in total. The molecule has 1 saturated heterocycles. The maximum Gasteiger partial charge on any atom is 0.318 e. The van der Waals surface area contributed by atoms with E-state index in [2.05, 4.69) is 10.6 Å². The van der Waals surface area contributed by atoms with Gasteiger partial charge in [0, 0.05) is 26.2 Å². The molecule has 0 spiro atoms. The summed E-state index contributed by atoms with van der Waals surface area (Å²) in [5.41, 5.74) is 0. The maximum atomic E-state index is 12.1. The number of ketones is 1. The van der Waals surface area contributed by atoms with Crippen molar-refractivity contribution in [1.82, 2.24) is 15.5 Å². The number of nitrogens with zero attached hydrogens (tertiary/aromatic N) is 1. The van der Waals surface area contributed by atoms with Crippen LogP contribution in [0.4, 0.5) is 4.79 Å².